The highest BCUT2D eigenvalue weighted by Crippen LogP contribution is 2.49. The molecule has 1 aromatic heterocycles. The van der Waals surface area contributed by atoms with Gasteiger partial charge in [0.2, 0.25) is 0 Å². The summed E-state index contributed by atoms with van der Waals surface area (Å²) in [6, 6.07) is 5.92. The molecule has 3 fully saturated rings. The van der Waals surface area contributed by atoms with E-state index in [0.29, 0.717) is 17.5 Å². The summed E-state index contributed by atoms with van der Waals surface area (Å²) in [6.45, 7) is 1.34. The summed E-state index contributed by atoms with van der Waals surface area (Å²) in [6.07, 6.45) is 9.64. The summed E-state index contributed by atoms with van der Waals surface area (Å²) in [5, 5.41) is 13.5. The lowest BCUT2D eigenvalue weighted by molar-refractivity contribution is 0.0598. The van der Waals surface area contributed by atoms with Crippen molar-refractivity contribution in [1.29, 1.82) is 0 Å². The largest absolute Gasteiger partial charge is 0.395 e. The number of carbonyl (C=O) groups is 1. The van der Waals surface area contributed by atoms with Gasteiger partial charge in [-0.1, -0.05) is 22.0 Å². The molecule has 1 amide bonds. The Morgan fingerprint density at radius 1 is 1.28 bits per heavy atom. The summed E-state index contributed by atoms with van der Waals surface area (Å²) >= 11 is 3.58. The van der Waals surface area contributed by atoms with E-state index in [1.54, 1.807) is 0 Å². The first-order valence-corrected chi connectivity index (χ1v) is 10.1. The van der Waals surface area contributed by atoms with Crippen molar-refractivity contribution in [3.8, 4) is 0 Å². The Morgan fingerprint density at radius 2 is 2.00 bits per heavy atom. The van der Waals surface area contributed by atoms with E-state index in [-0.39, 0.29) is 12.5 Å². The van der Waals surface area contributed by atoms with E-state index in [4.69, 9.17) is 0 Å². The lowest BCUT2D eigenvalue weighted by Crippen LogP contribution is -2.43. The van der Waals surface area contributed by atoms with Gasteiger partial charge in [0.25, 0.3) is 5.91 Å². The van der Waals surface area contributed by atoms with Crippen LogP contribution in [-0.4, -0.2) is 28.7 Å². The fraction of sp³-hybridized carbons (Fsp3) is 0.550. The molecule has 0 unspecified atom stereocenters. The smallest absolute Gasteiger partial charge is 0.253 e. The molecular weight excluding hydrogens is 380 g/mol. The standard InChI is InChI=1S/C20H25BrN2O2/c21-16-2-1-3-17-18(16)15(12-23(17)10-11-24)19(25)22-13-20-7-4-14(5-8-20)6-9-20/h1-3,12,14,24H,4-11,13H2,(H,22,25). The van der Waals surface area contributed by atoms with Gasteiger partial charge in [-0.2, -0.15) is 0 Å². The predicted octanol–water partition coefficient (Wildman–Crippen LogP) is 4.10. The molecule has 2 bridgehead atoms. The van der Waals surface area contributed by atoms with E-state index in [1.807, 2.05) is 29.0 Å². The van der Waals surface area contributed by atoms with Crippen LogP contribution in [0.1, 0.15) is 48.9 Å². The maximum Gasteiger partial charge on any atom is 0.253 e. The topological polar surface area (TPSA) is 54.3 Å². The minimum absolute atomic E-state index is 0.00402. The molecule has 3 saturated carbocycles. The number of amides is 1. The Labute approximate surface area is 156 Å². The fourth-order valence-electron chi connectivity index (χ4n) is 4.74. The Balaban J connectivity index is 1.57. The molecular formula is C20H25BrN2O2. The number of nitrogens with one attached hydrogen (secondary N) is 1. The van der Waals surface area contributed by atoms with Crippen LogP contribution in [-0.2, 0) is 6.54 Å². The highest BCUT2D eigenvalue weighted by molar-refractivity contribution is 9.10. The van der Waals surface area contributed by atoms with Crippen molar-refractivity contribution >= 4 is 32.7 Å². The molecule has 134 valence electrons. The van der Waals surface area contributed by atoms with Crippen LogP contribution in [0.4, 0.5) is 0 Å². The SMILES string of the molecule is O=C(NCC12CCC(CC1)CC2)c1cn(CCO)c2cccc(Br)c12. The number of halogens is 1. The maximum absolute atomic E-state index is 12.9. The summed E-state index contributed by atoms with van der Waals surface area (Å²) in [5.41, 5.74) is 1.99. The first-order chi connectivity index (χ1) is 12.1. The molecule has 0 radical (unpaired) electrons. The highest BCUT2D eigenvalue weighted by Gasteiger charge is 2.40. The van der Waals surface area contributed by atoms with Crippen molar-refractivity contribution in [3.63, 3.8) is 0 Å². The van der Waals surface area contributed by atoms with E-state index in [1.165, 1.54) is 38.5 Å². The number of rotatable bonds is 5. The first kappa shape index (κ1) is 17.1. The third-order valence-electron chi connectivity index (χ3n) is 6.31. The summed E-state index contributed by atoms with van der Waals surface area (Å²) in [4.78, 5) is 12.9. The lowest BCUT2D eigenvalue weighted by Gasteiger charge is -2.46. The second-order valence-electron chi connectivity index (χ2n) is 7.76. The van der Waals surface area contributed by atoms with Gasteiger partial charge >= 0.3 is 0 Å². The van der Waals surface area contributed by atoms with Crippen molar-refractivity contribution < 1.29 is 9.90 Å². The number of nitrogens with zero attached hydrogens (tertiary/aromatic N) is 1. The van der Waals surface area contributed by atoms with E-state index in [9.17, 15) is 9.90 Å². The molecule has 5 heteroatoms. The number of fused-ring (bicyclic) bond motifs is 4. The normalized spacial score (nSPS) is 25.4. The molecule has 3 aliphatic rings. The number of hydrogen-bond acceptors (Lipinski definition) is 2. The van der Waals surface area contributed by atoms with Crippen LogP contribution in [0.15, 0.2) is 28.9 Å². The van der Waals surface area contributed by atoms with E-state index in [0.717, 1.165) is 27.8 Å². The molecule has 25 heavy (non-hydrogen) atoms. The molecule has 2 N–H and O–H groups in total. The van der Waals surface area contributed by atoms with Crippen molar-refractivity contribution in [2.75, 3.05) is 13.2 Å². The minimum Gasteiger partial charge on any atom is -0.395 e. The Kier molecular flexibility index (Phi) is 4.63. The fourth-order valence-corrected chi connectivity index (χ4v) is 5.31. The highest BCUT2D eigenvalue weighted by atomic mass is 79.9. The monoisotopic (exact) mass is 404 g/mol. The van der Waals surface area contributed by atoms with Crippen LogP contribution in [0.3, 0.4) is 0 Å². The average molecular weight is 405 g/mol. The second kappa shape index (κ2) is 6.76. The zero-order valence-corrected chi connectivity index (χ0v) is 16.0. The van der Waals surface area contributed by atoms with Gasteiger partial charge in [-0.3, -0.25) is 4.79 Å². The number of carbonyl (C=O) groups excluding carboxylic acids is 1. The Hall–Kier alpha value is -1.33. The van der Waals surface area contributed by atoms with E-state index in [2.05, 4.69) is 21.2 Å². The number of hydrogen-bond donors (Lipinski definition) is 2. The number of benzene rings is 1. The van der Waals surface area contributed by atoms with Crippen LogP contribution in [0.5, 0.6) is 0 Å². The minimum atomic E-state index is -0.00402. The summed E-state index contributed by atoms with van der Waals surface area (Å²) in [5.74, 6) is 0.931. The van der Waals surface area contributed by atoms with Crippen LogP contribution in [0.2, 0.25) is 0 Å². The van der Waals surface area contributed by atoms with E-state index >= 15 is 0 Å². The van der Waals surface area contributed by atoms with E-state index < -0.39 is 0 Å². The van der Waals surface area contributed by atoms with Crippen molar-refractivity contribution in [3.05, 3.63) is 34.4 Å². The molecule has 1 heterocycles. The molecule has 0 saturated heterocycles. The zero-order chi connectivity index (χ0) is 17.4. The van der Waals surface area contributed by atoms with Crippen LogP contribution in [0.25, 0.3) is 10.9 Å². The first-order valence-electron chi connectivity index (χ1n) is 9.28. The molecule has 1 aromatic carbocycles. The molecule has 0 atom stereocenters. The molecule has 5 rings (SSSR count). The lowest BCUT2D eigenvalue weighted by atomic mass is 9.61. The predicted molar refractivity (Wildman–Crippen MR) is 103 cm³/mol. The maximum atomic E-state index is 12.9. The van der Waals surface area contributed by atoms with Gasteiger partial charge in [0.05, 0.1) is 17.7 Å². The van der Waals surface area contributed by atoms with Crippen LogP contribution >= 0.6 is 15.9 Å². The molecule has 0 spiro atoms. The van der Waals surface area contributed by atoms with Crippen LogP contribution in [0, 0.1) is 11.3 Å². The molecule has 0 aliphatic heterocycles. The quantitative estimate of drug-likeness (QED) is 0.787. The van der Waals surface area contributed by atoms with Gasteiger partial charge < -0.3 is 15.0 Å². The summed E-state index contributed by atoms with van der Waals surface area (Å²) in [7, 11) is 0. The molecule has 4 nitrogen and oxygen atoms in total. The van der Waals surface area contributed by atoms with Gasteiger partial charge in [-0.05, 0) is 62.0 Å². The Morgan fingerprint density at radius 3 is 2.68 bits per heavy atom. The second-order valence-corrected chi connectivity index (χ2v) is 8.61. The number of aliphatic hydroxyl groups is 1. The average Bonchev–Trinajstić information content (AvgIpc) is 3.02. The van der Waals surface area contributed by atoms with Gasteiger partial charge in [-0.25, -0.2) is 0 Å². The van der Waals surface area contributed by atoms with Crippen molar-refractivity contribution in [2.24, 2.45) is 11.3 Å². The molecule has 3 aliphatic carbocycles. The third kappa shape index (κ3) is 3.13. The van der Waals surface area contributed by atoms with Crippen LogP contribution < -0.4 is 5.32 Å². The van der Waals surface area contributed by atoms with Gasteiger partial charge in [0.1, 0.15) is 0 Å². The van der Waals surface area contributed by atoms with Crippen molar-refractivity contribution in [2.45, 2.75) is 45.1 Å². The number of aromatic nitrogens is 1. The summed E-state index contributed by atoms with van der Waals surface area (Å²) < 4.78 is 2.88. The third-order valence-corrected chi connectivity index (χ3v) is 6.97. The van der Waals surface area contributed by atoms with Gasteiger partial charge in [0, 0.05) is 29.1 Å². The zero-order valence-electron chi connectivity index (χ0n) is 14.4. The van der Waals surface area contributed by atoms with Gasteiger partial charge in [0.15, 0.2) is 0 Å². The molecule has 2 aromatic rings. The van der Waals surface area contributed by atoms with Crippen molar-refractivity contribution in [1.82, 2.24) is 9.88 Å². The number of aliphatic hydroxyl groups excluding tert-OH is 1. The van der Waals surface area contributed by atoms with Gasteiger partial charge in [-0.15, -0.1) is 0 Å². The Bertz CT molecular complexity index is 777.